The number of aryl methyl sites for hydroxylation is 2. The zero-order valence-electron chi connectivity index (χ0n) is 17.9. The monoisotopic (exact) mass is 405 g/mol. The predicted molar refractivity (Wildman–Crippen MR) is 116 cm³/mol. The molecular weight excluding hydrogens is 378 g/mol. The number of hydrogen-bond acceptors (Lipinski definition) is 4. The Balaban J connectivity index is 1.72. The SMILES string of the molecule is COc1ccc(C(=O)N2CCOCC2c2c(C)nn(C)c2C)cc1-c1ccccc1. The molecule has 1 amide bonds. The molecule has 0 bridgehead atoms. The van der Waals surface area contributed by atoms with Gasteiger partial charge in [-0.2, -0.15) is 5.10 Å². The van der Waals surface area contributed by atoms with Crippen LogP contribution in [0.2, 0.25) is 0 Å². The zero-order valence-corrected chi connectivity index (χ0v) is 17.9. The van der Waals surface area contributed by atoms with Crippen molar-refractivity contribution in [2.24, 2.45) is 7.05 Å². The number of methoxy groups -OCH3 is 1. The fourth-order valence-corrected chi connectivity index (χ4v) is 4.21. The topological polar surface area (TPSA) is 56.6 Å². The molecule has 1 fully saturated rings. The third-order valence-corrected chi connectivity index (χ3v) is 5.82. The molecule has 1 saturated heterocycles. The molecule has 30 heavy (non-hydrogen) atoms. The Bertz CT molecular complexity index is 1060. The van der Waals surface area contributed by atoms with Crippen LogP contribution in [0, 0.1) is 13.8 Å². The second kappa shape index (κ2) is 8.32. The van der Waals surface area contributed by atoms with Crippen molar-refractivity contribution in [2.75, 3.05) is 26.9 Å². The van der Waals surface area contributed by atoms with Gasteiger partial charge in [-0.15, -0.1) is 0 Å². The molecule has 0 N–H and O–H groups in total. The molecule has 1 unspecified atom stereocenters. The van der Waals surface area contributed by atoms with Crippen molar-refractivity contribution < 1.29 is 14.3 Å². The van der Waals surface area contributed by atoms with E-state index in [2.05, 4.69) is 5.10 Å². The first-order valence-corrected chi connectivity index (χ1v) is 10.1. The van der Waals surface area contributed by atoms with Crippen LogP contribution in [-0.4, -0.2) is 47.5 Å². The minimum Gasteiger partial charge on any atom is -0.496 e. The first-order valence-electron chi connectivity index (χ1n) is 10.1. The number of ether oxygens (including phenoxy) is 2. The number of morpholine rings is 1. The smallest absolute Gasteiger partial charge is 0.254 e. The molecular formula is C24H27N3O3. The third kappa shape index (κ3) is 3.59. The fraction of sp³-hybridized carbons (Fsp3) is 0.333. The molecule has 2 heterocycles. The van der Waals surface area contributed by atoms with Gasteiger partial charge in [0.25, 0.3) is 5.91 Å². The summed E-state index contributed by atoms with van der Waals surface area (Å²) in [5, 5.41) is 4.54. The number of rotatable bonds is 4. The molecule has 0 aliphatic carbocycles. The normalized spacial score (nSPS) is 16.5. The maximum Gasteiger partial charge on any atom is 0.254 e. The van der Waals surface area contributed by atoms with Crippen molar-refractivity contribution in [1.29, 1.82) is 0 Å². The van der Waals surface area contributed by atoms with Gasteiger partial charge in [-0.05, 0) is 37.6 Å². The van der Waals surface area contributed by atoms with E-state index in [0.29, 0.717) is 25.3 Å². The van der Waals surface area contributed by atoms with Crippen LogP contribution >= 0.6 is 0 Å². The maximum atomic E-state index is 13.6. The van der Waals surface area contributed by atoms with Gasteiger partial charge in [-0.1, -0.05) is 30.3 Å². The van der Waals surface area contributed by atoms with E-state index in [0.717, 1.165) is 33.8 Å². The highest BCUT2D eigenvalue weighted by atomic mass is 16.5. The summed E-state index contributed by atoms with van der Waals surface area (Å²) in [6.07, 6.45) is 0. The molecule has 2 aromatic carbocycles. The van der Waals surface area contributed by atoms with Gasteiger partial charge in [0.1, 0.15) is 5.75 Å². The van der Waals surface area contributed by atoms with Crippen molar-refractivity contribution in [3.63, 3.8) is 0 Å². The molecule has 1 aliphatic rings. The highest BCUT2D eigenvalue weighted by Gasteiger charge is 2.33. The zero-order chi connectivity index (χ0) is 21.3. The standard InChI is InChI=1S/C24H27N3O3/c1-16-23(17(2)26(3)25-16)21-15-30-13-12-27(21)24(28)19-10-11-22(29-4)20(14-19)18-8-6-5-7-9-18/h5-11,14,21H,12-13,15H2,1-4H3. The van der Waals surface area contributed by atoms with Crippen LogP contribution in [0.5, 0.6) is 5.75 Å². The average molecular weight is 405 g/mol. The second-order valence-corrected chi connectivity index (χ2v) is 7.58. The molecule has 3 aromatic rings. The first-order chi connectivity index (χ1) is 14.5. The van der Waals surface area contributed by atoms with Crippen LogP contribution < -0.4 is 4.74 Å². The number of carbonyl (C=O) groups excluding carboxylic acids is 1. The van der Waals surface area contributed by atoms with Gasteiger partial charge in [0, 0.05) is 36.0 Å². The van der Waals surface area contributed by atoms with Gasteiger partial charge < -0.3 is 14.4 Å². The molecule has 6 nitrogen and oxygen atoms in total. The van der Waals surface area contributed by atoms with E-state index in [1.54, 1.807) is 7.11 Å². The fourth-order valence-electron chi connectivity index (χ4n) is 4.21. The quantitative estimate of drug-likeness (QED) is 0.660. The first kappa shape index (κ1) is 20.2. The summed E-state index contributed by atoms with van der Waals surface area (Å²) in [6.45, 7) is 5.57. The Morgan fingerprint density at radius 3 is 2.60 bits per heavy atom. The van der Waals surface area contributed by atoms with Crippen LogP contribution in [0.15, 0.2) is 48.5 Å². The molecule has 4 rings (SSSR count). The molecule has 1 aromatic heterocycles. The van der Waals surface area contributed by atoms with Crippen molar-refractivity contribution in [1.82, 2.24) is 14.7 Å². The van der Waals surface area contributed by atoms with Gasteiger partial charge >= 0.3 is 0 Å². The Morgan fingerprint density at radius 1 is 1.17 bits per heavy atom. The second-order valence-electron chi connectivity index (χ2n) is 7.58. The average Bonchev–Trinajstić information content (AvgIpc) is 3.04. The number of benzene rings is 2. The summed E-state index contributed by atoms with van der Waals surface area (Å²) >= 11 is 0. The lowest BCUT2D eigenvalue weighted by molar-refractivity contribution is -0.00304. The van der Waals surface area contributed by atoms with Gasteiger partial charge in [0.05, 0.1) is 32.1 Å². The number of carbonyl (C=O) groups is 1. The van der Waals surface area contributed by atoms with Gasteiger partial charge in [-0.25, -0.2) is 0 Å². The molecule has 0 saturated carbocycles. The highest BCUT2D eigenvalue weighted by molar-refractivity contribution is 5.96. The van der Waals surface area contributed by atoms with Gasteiger partial charge in [0.2, 0.25) is 0 Å². The summed E-state index contributed by atoms with van der Waals surface area (Å²) in [7, 11) is 3.58. The van der Waals surface area contributed by atoms with Crippen LogP contribution in [0.1, 0.15) is 33.4 Å². The molecule has 156 valence electrons. The number of hydrogen-bond donors (Lipinski definition) is 0. The number of nitrogens with zero attached hydrogens (tertiary/aromatic N) is 3. The van der Waals surface area contributed by atoms with Gasteiger partial charge in [0.15, 0.2) is 0 Å². The van der Waals surface area contributed by atoms with Crippen LogP contribution in [0.3, 0.4) is 0 Å². The number of aromatic nitrogens is 2. The summed E-state index contributed by atoms with van der Waals surface area (Å²) in [5.74, 6) is 0.737. The minimum absolute atomic E-state index is 0.00853. The lowest BCUT2D eigenvalue weighted by Gasteiger charge is -2.36. The molecule has 1 atom stereocenters. The Morgan fingerprint density at radius 2 is 1.93 bits per heavy atom. The van der Waals surface area contributed by atoms with Crippen molar-refractivity contribution in [3.8, 4) is 16.9 Å². The Kier molecular flexibility index (Phi) is 5.59. The molecule has 1 aliphatic heterocycles. The van der Waals surface area contributed by atoms with E-state index in [4.69, 9.17) is 9.47 Å². The summed E-state index contributed by atoms with van der Waals surface area (Å²) in [5.41, 5.74) is 5.62. The van der Waals surface area contributed by atoms with E-state index in [9.17, 15) is 4.79 Å². The van der Waals surface area contributed by atoms with E-state index >= 15 is 0 Å². The predicted octanol–water partition coefficient (Wildman–Crippen LogP) is 3.93. The highest BCUT2D eigenvalue weighted by Crippen LogP contribution is 2.34. The lowest BCUT2D eigenvalue weighted by atomic mass is 9.99. The lowest BCUT2D eigenvalue weighted by Crippen LogP contribution is -2.43. The van der Waals surface area contributed by atoms with Crippen LogP contribution in [-0.2, 0) is 11.8 Å². The Hall–Kier alpha value is -3.12. The van der Waals surface area contributed by atoms with Crippen molar-refractivity contribution in [2.45, 2.75) is 19.9 Å². The summed E-state index contributed by atoms with van der Waals surface area (Å²) < 4.78 is 13.2. The minimum atomic E-state index is -0.151. The molecule has 0 radical (unpaired) electrons. The molecule has 0 spiro atoms. The largest absolute Gasteiger partial charge is 0.496 e. The summed E-state index contributed by atoms with van der Waals surface area (Å²) in [6, 6.07) is 15.5. The van der Waals surface area contributed by atoms with E-state index < -0.39 is 0 Å². The van der Waals surface area contributed by atoms with E-state index in [1.807, 2.05) is 79.0 Å². The number of amides is 1. The summed E-state index contributed by atoms with van der Waals surface area (Å²) in [4.78, 5) is 15.5. The van der Waals surface area contributed by atoms with Crippen LogP contribution in [0.25, 0.3) is 11.1 Å². The van der Waals surface area contributed by atoms with E-state index in [-0.39, 0.29) is 11.9 Å². The Labute approximate surface area is 177 Å². The van der Waals surface area contributed by atoms with E-state index in [1.165, 1.54) is 0 Å². The van der Waals surface area contributed by atoms with Crippen molar-refractivity contribution in [3.05, 3.63) is 71.0 Å². The third-order valence-electron chi connectivity index (χ3n) is 5.82. The van der Waals surface area contributed by atoms with Crippen LogP contribution in [0.4, 0.5) is 0 Å². The maximum absolute atomic E-state index is 13.6. The van der Waals surface area contributed by atoms with Crippen molar-refractivity contribution >= 4 is 5.91 Å². The van der Waals surface area contributed by atoms with Gasteiger partial charge in [-0.3, -0.25) is 9.48 Å². The molecule has 6 heteroatoms.